The smallest absolute Gasteiger partial charge is 0.00747 e. The first-order chi connectivity index (χ1) is 8.34. The van der Waals surface area contributed by atoms with Gasteiger partial charge in [0.1, 0.15) is 0 Å². The maximum atomic E-state index is 5.76. The van der Waals surface area contributed by atoms with Crippen molar-refractivity contribution in [3.05, 3.63) is 29.8 Å². The summed E-state index contributed by atoms with van der Waals surface area (Å²) in [6, 6.07) is 9.04. The van der Waals surface area contributed by atoms with Crippen LogP contribution in [0.5, 0.6) is 0 Å². The molecule has 102 valence electrons. The lowest BCUT2D eigenvalue weighted by atomic mass is 9.75. The summed E-state index contributed by atoms with van der Waals surface area (Å²) in [4.78, 5) is 1.36. The van der Waals surface area contributed by atoms with Gasteiger partial charge in [0.25, 0.3) is 0 Å². The van der Waals surface area contributed by atoms with Crippen molar-refractivity contribution in [2.24, 2.45) is 11.1 Å². The molecule has 1 atom stereocenters. The third-order valence-electron chi connectivity index (χ3n) is 3.15. The second-order valence-electron chi connectivity index (χ2n) is 6.23. The first-order valence-electron chi connectivity index (χ1n) is 6.81. The Labute approximate surface area is 117 Å². The van der Waals surface area contributed by atoms with E-state index in [1.807, 2.05) is 11.8 Å². The van der Waals surface area contributed by atoms with Crippen LogP contribution in [0.1, 0.15) is 52.5 Å². The highest BCUT2D eigenvalue weighted by atomic mass is 32.2. The molecule has 1 aromatic rings. The third kappa shape index (κ3) is 4.66. The van der Waals surface area contributed by atoms with E-state index in [0.717, 1.165) is 13.0 Å². The van der Waals surface area contributed by atoms with Crippen molar-refractivity contribution >= 4 is 11.8 Å². The zero-order valence-electron chi connectivity index (χ0n) is 12.4. The van der Waals surface area contributed by atoms with E-state index in [1.54, 1.807) is 0 Å². The Hall–Kier alpha value is -0.470. The molecule has 1 unspecified atom stereocenters. The molecule has 0 bridgehead atoms. The zero-order chi connectivity index (χ0) is 13.8. The average molecular weight is 265 g/mol. The van der Waals surface area contributed by atoms with Crippen molar-refractivity contribution in [2.45, 2.75) is 57.1 Å². The second-order valence-corrected chi connectivity index (χ2v) is 7.88. The molecular weight excluding hydrogens is 238 g/mol. The van der Waals surface area contributed by atoms with Crippen LogP contribution in [0, 0.1) is 5.41 Å². The van der Waals surface area contributed by atoms with E-state index in [2.05, 4.69) is 58.9 Å². The van der Waals surface area contributed by atoms with Gasteiger partial charge in [-0.2, -0.15) is 0 Å². The first-order valence-corrected chi connectivity index (χ1v) is 7.69. The number of hydrogen-bond acceptors (Lipinski definition) is 2. The quantitative estimate of drug-likeness (QED) is 0.783. The van der Waals surface area contributed by atoms with E-state index >= 15 is 0 Å². The Morgan fingerprint density at radius 2 is 1.67 bits per heavy atom. The van der Waals surface area contributed by atoms with Gasteiger partial charge >= 0.3 is 0 Å². The minimum Gasteiger partial charge on any atom is -0.330 e. The number of hydrogen-bond donors (Lipinski definition) is 1. The highest BCUT2D eigenvalue weighted by Gasteiger charge is 2.25. The molecule has 0 heterocycles. The normalized spacial score (nSPS) is 13.9. The first kappa shape index (κ1) is 15.6. The maximum absolute atomic E-state index is 5.76. The van der Waals surface area contributed by atoms with Crippen LogP contribution < -0.4 is 5.73 Å². The molecule has 0 saturated heterocycles. The monoisotopic (exact) mass is 265 g/mol. The summed E-state index contributed by atoms with van der Waals surface area (Å²) >= 11 is 1.92. The summed E-state index contributed by atoms with van der Waals surface area (Å²) < 4.78 is 0. The fourth-order valence-corrected chi connectivity index (χ4v) is 3.15. The number of rotatable bonds is 5. The van der Waals surface area contributed by atoms with Crippen molar-refractivity contribution in [3.63, 3.8) is 0 Å². The van der Waals surface area contributed by atoms with Gasteiger partial charge in [-0.3, -0.25) is 0 Å². The van der Waals surface area contributed by atoms with Gasteiger partial charge in [0.2, 0.25) is 0 Å². The molecule has 2 heteroatoms. The van der Waals surface area contributed by atoms with Crippen molar-refractivity contribution < 1.29 is 0 Å². The van der Waals surface area contributed by atoms with Crippen molar-refractivity contribution in [1.82, 2.24) is 0 Å². The lowest BCUT2D eigenvalue weighted by Gasteiger charge is -2.31. The highest BCUT2D eigenvalue weighted by molar-refractivity contribution is 7.99. The Balaban J connectivity index is 2.87. The second kappa shape index (κ2) is 6.63. The molecule has 1 rings (SSSR count). The summed E-state index contributed by atoms with van der Waals surface area (Å²) in [5.41, 5.74) is 7.44. The average Bonchev–Trinajstić information content (AvgIpc) is 2.25. The molecule has 0 aliphatic rings. The van der Waals surface area contributed by atoms with Gasteiger partial charge in [-0.05, 0) is 42.0 Å². The predicted octanol–water partition coefficient (Wildman–Crippen LogP) is 4.67. The molecule has 0 fully saturated rings. The van der Waals surface area contributed by atoms with Crippen molar-refractivity contribution in [3.8, 4) is 0 Å². The molecule has 1 nitrogen and oxygen atoms in total. The van der Waals surface area contributed by atoms with E-state index in [-0.39, 0.29) is 5.41 Å². The van der Waals surface area contributed by atoms with Gasteiger partial charge in [-0.15, -0.1) is 11.8 Å². The largest absolute Gasteiger partial charge is 0.330 e. The van der Waals surface area contributed by atoms with Crippen LogP contribution in [0.2, 0.25) is 0 Å². The minimum absolute atomic E-state index is 0.270. The highest BCUT2D eigenvalue weighted by Crippen LogP contribution is 2.38. The fourth-order valence-electron chi connectivity index (χ4n) is 2.32. The fraction of sp³-hybridized carbons (Fsp3) is 0.625. The predicted molar refractivity (Wildman–Crippen MR) is 83.3 cm³/mol. The Kier molecular flexibility index (Phi) is 5.74. The minimum atomic E-state index is 0.270. The van der Waals surface area contributed by atoms with E-state index in [1.165, 1.54) is 10.5 Å². The molecule has 0 radical (unpaired) electrons. The van der Waals surface area contributed by atoms with Crippen molar-refractivity contribution in [2.75, 3.05) is 6.54 Å². The molecule has 2 N–H and O–H groups in total. The lowest BCUT2D eigenvalue weighted by molar-refractivity contribution is 0.307. The zero-order valence-corrected chi connectivity index (χ0v) is 13.2. The molecule has 0 aromatic heterocycles. The number of thioether (sulfide) groups is 1. The maximum Gasteiger partial charge on any atom is 0.00747 e. The molecule has 0 amide bonds. The van der Waals surface area contributed by atoms with Gasteiger partial charge in [0.05, 0.1) is 0 Å². The van der Waals surface area contributed by atoms with Gasteiger partial charge in [-0.1, -0.05) is 46.8 Å². The molecule has 18 heavy (non-hydrogen) atoms. The summed E-state index contributed by atoms with van der Waals surface area (Å²) in [5.74, 6) is 0.542. The SMILES string of the molecule is CC(C)Sc1ccc(C(CCN)C(C)(C)C)cc1. The van der Waals surface area contributed by atoms with Crippen LogP contribution in [-0.4, -0.2) is 11.8 Å². The van der Waals surface area contributed by atoms with E-state index in [4.69, 9.17) is 5.73 Å². The van der Waals surface area contributed by atoms with Gasteiger partial charge in [-0.25, -0.2) is 0 Å². The standard InChI is InChI=1S/C16H27NS/c1-12(2)18-14-8-6-13(7-9-14)15(10-11-17)16(3,4)5/h6-9,12,15H,10-11,17H2,1-5H3. The van der Waals surface area contributed by atoms with E-state index in [0.29, 0.717) is 11.2 Å². The van der Waals surface area contributed by atoms with Crippen LogP contribution in [0.25, 0.3) is 0 Å². The number of nitrogens with two attached hydrogens (primary N) is 1. The Morgan fingerprint density at radius 1 is 1.11 bits per heavy atom. The van der Waals surface area contributed by atoms with Crippen LogP contribution in [0.3, 0.4) is 0 Å². The van der Waals surface area contributed by atoms with Crippen LogP contribution in [-0.2, 0) is 0 Å². The summed E-state index contributed by atoms with van der Waals surface area (Å²) in [6.07, 6.45) is 1.06. The summed E-state index contributed by atoms with van der Waals surface area (Å²) in [7, 11) is 0. The summed E-state index contributed by atoms with van der Waals surface area (Å²) in [5, 5.41) is 0.637. The van der Waals surface area contributed by atoms with Gasteiger partial charge in [0, 0.05) is 10.1 Å². The Bertz CT molecular complexity index is 348. The summed E-state index contributed by atoms with van der Waals surface area (Å²) in [6.45, 7) is 12.1. The van der Waals surface area contributed by atoms with Crippen molar-refractivity contribution in [1.29, 1.82) is 0 Å². The molecule has 0 aliphatic heterocycles. The molecule has 0 saturated carbocycles. The van der Waals surface area contributed by atoms with Gasteiger partial charge in [0.15, 0.2) is 0 Å². The van der Waals surface area contributed by atoms with E-state index < -0.39 is 0 Å². The Morgan fingerprint density at radius 3 is 2.06 bits per heavy atom. The van der Waals surface area contributed by atoms with Gasteiger partial charge < -0.3 is 5.73 Å². The lowest BCUT2D eigenvalue weighted by Crippen LogP contribution is -2.21. The molecule has 1 aromatic carbocycles. The van der Waals surface area contributed by atoms with E-state index in [9.17, 15) is 0 Å². The van der Waals surface area contributed by atoms with Crippen LogP contribution >= 0.6 is 11.8 Å². The molecular formula is C16H27NS. The topological polar surface area (TPSA) is 26.0 Å². The molecule has 0 aliphatic carbocycles. The number of benzene rings is 1. The van der Waals surface area contributed by atoms with Crippen LogP contribution in [0.15, 0.2) is 29.2 Å². The van der Waals surface area contributed by atoms with Crippen LogP contribution in [0.4, 0.5) is 0 Å². The molecule has 0 spiro atoms. The third-order valence-corrected chi connectivity index (χ3v) is 4.17.